The van der Waals surface area contributed by atoms with E-state index in [1.165, 1.54) is 0 Å². The largest absolute Gasteiger partial charge is 0.271 e. The predicted octanol–water partition coefficient (Wildman–Crippen LogP) is 1.66. The van der Waals surface area contributed by atoms with Gasteiger partial charge in [0.05, 0.1) is 0 Å². The molecule has 72 valence electrons. The first-order valence-electron chi connectivity index (χ1n) is 4.40. The predicted molar refractivity (Wildman–Crippen MR) is 43.7 cm³/mol. The molecule has 3 N–H and O–H groups in total. The summed E-state index contributed by atoms with van der Waals surface area (Å²) in [7, 11) is 0. The first-order valence-corrected chi connectivity index (χ1v) is 4.40. The molecule has 4 heteroatoms. The van der Waals surface area contributed by atoms with Crippen LogP contribution in [0.4, 0.5) is 8.78 Å². The molecule has 2 unspecified atom stereocenters. The molecule has 12 heavy (non-hydrogen) atoms. The third kappa shape index (κ3) is 2.14. The fraction of sp³-hybridized carbons (Fsp3) is 1.00. The summed E-state index contributed by atoms with van der Waals surface area (Å²) in [5.74, 6) is 2.22. The number of nitrogens with two attached hydrogens (primary N) is 1. The monoisotopic (exact) mass is 178 g/mol. The van der Waals surface area contributed by atoms with E-state index in [1.54, 1.807) is 0 Å². The average Bonchev–Trinajstić information content (AvgIpc) is 2.31. The first-order chi connectivity index (χ1) is 5.56. The average molecular weight is 178 g/mol. The molecule has 0 amide bonds. The number of nitrogens with one attached hydrogen (secondary N) is 1. The lowest BCUT2D eigenvalue weighted by Gasteiger charge is -2.21. The van der Waals surface area contributed by atoms with Gasteiger partial charge < -0.3 is 0 Å². The molecule has 0 aromatic rings. The van der Waals surface area contributed by atoms with Crippen molar-refractivity contribution in [3.05, 3.63) is 0 Å². The summed E-state index contributed by atoms with van der Waals surface area (Å²) in [5, 5.41) is 0. The topological polar surface area (TPSA) is 38.0 Å². The van der Waals surface area contributed by atoms with Crippen molar-refractivity contribution in [2.75, 3.05) is 0 Å². The summed E-state index contributed by atoms with van der Waals surface area (Å²) in [5.41, 5.74) is 2.50. The standard InChI is InChI=1S/C8H16F2N2/c1-6(12-11)5-7-3-2-4-8(7,9)10/h6-7,12H,2-5,11H2,1H3. The van der Waals surface area contributed by atoms with Crippen LogP contribution < -0.4 is 11.3 Å². The fourth-order valence-corrected chi connectivity index (χ4v) is 1.78. The van der Waals surface area contributed by atoms with Crippen molar-refractivity contribution >= 4 is 0 Å². The van der Waals surface area contributed by atoms with Gasteiger partial charge in [-0.05, 0) is 26.2 Å². The molecule has 1 fully saturated rings. The van der Waals surface area contributed by atoms with E-state index < -0.39 is 11.8 Å². The van der Waals surface area contributed by atoms with E-state index in [4.69, 9.17) is 5.84 Å². The minimum atomic E-state index is -2.45. The van der Waals surface area contributed by atoms with Gasteiger partial charge in [0.25, 0.3) is 5.92 Å². The van der Waals surface area contributed by atoms with Gasteiger partial charge in [0.1, 0.15) is 0 Å². The number of hydrogen-bond donors (Lipinski definition) is 2. The Balaban J connectivity index is 2.41. The molecule has 1 aliphatic rings. The van der Waals surface area contributed by atoms with E-state index in [2.05, 4.69) is 5.43 Å². The summed E-state index contributed by atoms with van der Waals surface area (Å²) in [4.78, 5) is 0. The smallest absolute Gasteiger partial charge is 0.251 e. The van der Waals surface area contributed by atoms with Crippen molar-refractivity contribution in [2.45, 2.75) is 44.6 Å². The Morgan fingerprint density at radius 1 is 1.67 bits per heavy atom. The van der Waals surface area contributed by atoms with Gasteiger partial charge in [-0.3, -0.25) is 11.3 Å². The van der Waals surface area contributed by atoms with Crippen LogP contribution in [0.3, 0.4) is 0 Å². The molecule has 0 spiro atoms. The van der Waals surface area contributed by atoms with Crippen LogP contribution in [0.15, 0.2) is 0 Å². The van der Waals surface area contributed by atoms with Crippen LogP contribution in [0.1, 0.15) is 32.6 Å². The molecule has 2 nitrogen and oxygen atoms in total. The summed E-state index contributed by atoms with van der Waals surface area (Å²) in [6.45, 7) is 1.83. The zero-order chi connectivity index (χ0) is 9.19. The van der Waals surface area contributed by atoms with E-state index >= 15 is 0 Å². The Labute approximate surface area is 71.5 Å². The third-order valence-corrected chi connectivity index (χ3v) is 2.58. The van der Waals surface area contributed by atoms with Crippen LogP contribution in [0.5, 0.6) is 0 Å². The van der Waals surface area contributed by atoms with Gasteiger partial charge in [0.15, 0.2) is 0 Å². The third-order valence-electron chi connectivity index (χ3n) is 2.58. The minimum absolute atomic E-state index is 0.0148. The summed E-state index contributed by atoms with van der Waals surface area (Å²) in [6, 6.07) is -0.0148. The second-order valence-electron chi connectivity index (χ2n) is 3.65. The lowest BCUT2D eigenvalue weighted by molar-refractivity contribution is -0.0419. The Hall–Kier alpha value is -0.220. The summed E-state index contributed by atoms with van der Waals surface area (Å²) in [6.07, 6.45) is 1.81. The van der Waals surface area contributed by atoms with Crippen LogP contribution in [0, 0.1) is 5.92 Å². The van der Waals surface area contributed by atoms with Crippen molar-refractivity contribution in [1.82, 2.24) is 5.43 Å². The van der Waals surface area contributed by atoms with Gasteiger partial charge in [-0.2, -0.15) is 0 Å². The second-order valence-corrected chi connectivity index (χ2v) is 3.65. The number of halogens is 2. The van der Waals surface area contributed by atoms with Crippen molar-refractivity contribution < 1.29 is 8.78 Å². The van der Waals surface area contributed by atoms with E-state index in [0.717, 1.165) is 0 Å². The SMILES string of the molecule is CC(CC1CCCC1(F)F)NN. The Morgan fingerprint density at radius 2 is 2.33 bits per heavy atom. The van der Waals surface area contributed by atoms with Crippen LogP contribution in [0.25, 0.3) is 0 Å². The molecule has 0 saturated heterocycles. The maximum Gasteiger partial charge on any atom is 0.251 e. The number of hydrogen-bond acceptors (Lipinski definition) is 2. The van der Waals surface area contributed by atoms with Crippen LogP contribution in [-0.4, -0.2) is 12.0 Å². The highest BCUT2D eigenvalue weighted by atomic mass is 19.3. The van der Waals surface area contributed by atoms with Gasteiger partial charge in [-0.25, -0.2) is 8.78 Å². The summed E-state index contributed by atoms with van der Waals surface area (Å²) >= 11 is 0. The highest BCUT2D eigenvalue weighted by molar-refractivity contribution is 4.85. The highest BCUT2D eigenvalue weighted by Crippen LogP contribution is 2.42. The molecular formula is C8H16F2N2. The molecule has 0 heterocycles. The lowest BCUT2D eigenvalue weighted by Crippen LogP contribution is -2.36. The minimum Gasteiger partial charge on any atom is -0.271 e. The van der Waals surface area contributed by atoms with Crippen molar-refractivity contribution in [3.63, 3.8) is 0 Å². The number of alkyl halides is 2. The molecule has 1 rings (SSSR count). The Bertz CT molecular complexity index is 150. The van der Waals surface area contributed by atoms with E-state index in [9.17, 15) is 8.78 Å². The van der Waals surface area contributed by atoms with Gasteiger partial charge >= 0.3 is 0 Å². The zero-order valence-electron chi connectivity index (χ0n) is 7.32. The normalized spacial score (nSPS) is 30.5. The molecule has 0 aliphatic heterocycles. The van der Waals surface area contributed by atoms with Crippen LogP contribution >= 0.6 is 0 Å². The number of rotatable bonds is 3. The van der Waals surface area contributed by atoms with Gasteiger partial charge in [0.2, 0.25) is 0 Å². The Kier molecular flexibility index (Phi) is 3.01. The van der Waals surface area contributed by atoms with Crippen LogP contribution in [-0.2, 0) is 0 Å². The highest BCUT2D eigenvalue weighted by Gasteiger charge is 2.43. The fourth-order valence-electron chi connectivity index (χ4n) is 1.78. The van der Waals surface area contributed by atoms with Gasteiger partial charge in [0, 0.05) is 18.4 Å². The molecule has 0 radical (unpaired) electrons. The maximum absolute atomic E-state index is 13.0. The molecule has 1 aliphatic carbocycles. The second kappa shape index (κ2) is 3.66. The molecule has 2 atom stereocenters. The molecule has 0 aromatic carbocycles. The van der Waals surface area contributed by atoms with Crippen molar-refractivity contribution in [3.8, 4) is 0 Å². The van der Waals surface area contributed by atoms with Crippen molar-refractivity contribution in [1.29, 1.82) is 0 Å². The molecular weight excluding hydrogens is 162 g/mol. The van der Waals surface area contributed by atoms with E-state index in [1.807, 2.05) is 6.92 Å². The molecule has 0 bridgehead atoms. The Morgan fingerprint density at radius 3 is 2.75 bits per heavy atom. The molecule has 0 aromatic heterocycles. The van der Waals surface area contributed by atoms with E-state index in [-0.39, 0.29) is 12.5 Å². The van der Waals surface area contributed by atoms with Gasteiger partial charge in [-0.15, -0.1) is 0 Å². The van der Waals surface area contributed by atoms with Gasteiger partial charge in [-0.1, -0.05) is 0 Å². The number of hydrazine groups is 1. The zero-order valence-corrected chi connectivity index (χ0v) is 7.32. The quantitative estimate of drug-likeness (QED) is 0.509. The lowest BCUT2D eigenvalue weighted by atomic mass is 9.97. The van der Waals surface area contributed by atoms with E-state index in [0.29, 0.717) is 19.3 Å². The first kappa shape index (κ1) is 9.86. The maximum atomic E-state index is 13.0. The summed E-state index contributed by atoms with van der Waals surface area (Å²) < 4.78 is 26.1. The molecule has 1 saturated carbocycles. The van der Waals surface area contributed by atoms with Crippen molar-refractivity contribution in [2.24, 2.45) is 11.8 Å². The van der Waals surface area contributed by atoms with Crippen LogP contribution in [0.2, 0.25) is 0 Å².